The summed E-state index contributed by atoms with van der Waals surface area (Å²) in [5, 5.41) is 8.56. The molecule has 1 rings (SSSR count). The third-order valence-electron chi connectivity index (χ3n) is 1.54. The van der Waals surface area contributed by atoms with E-state index < -0.39 is 17.8 Å². The molecule has 0 spiro atoms. The van der Waals surface area contributed by atoms with Gasteiger partial charge >= 0.3 is 6.36 Å². The van der Waals surface area contributed by atoms with Crippen molar-refractivity contribution in [1.29, 1.82) is 5.26 Å². The van der Waals surface area contributed by atoms with E-state index in [1.54, 1.807) is 0 Å². The third-order valence-corrected chi connectivity index (χ3v) is 2.34. The highest BCUT2D eigenvalue weighted by molar-refractivity contribution is 9.10. The Hall–Kier alpha value is -1.29. The lowest BCUT2D eigenvalue weighted by Gasteiger charge is -2.12. The van der Waals surface area contributed by atoms with Gasteiger partial charge in [0.05, 0.1) is 0 Å². The van der Waals surface area contributed by atoms with E-state index in [2.05, 4.69) is 25.7 Å². The van der Waals surface area contributed by atoms with Crippen molar-refractivity contribution in [2.24, 2.45) is 0 Å². The van der Waals surface area contributed by atoms with Crippen molar-refractivity contribution in [2.45, 2.75) is 13.3 Å². The molecule has 0 aliphatic heterocycles. The number of nitrogens with zero attached hydrogens (tertiary/aromatic N) is 2. The van der Waals surface area contributed by atoms with Crippen molar-refractivity contribution >= 4 is 15.9 Å². The van der Waals surface area contributed by atoms with E-state index >= 15 is 0 Å². The van der Waals surface area contributed by atoms with E-state index in [-0.39, 0.29) is 5.56 Å². The lowest BCUT2D eigenvalue weighted by molar-refractivity contribution is -0.275. The minimum Gasteiger partial charge on any atom is -0.402 e. The van der Waals surface area contributed by atoms with Crippen LogP contribution in [0.5, 0.6) is 5.75 Å². The minimum absolute atomic E-state index is 0.180. The maximum absolute atomic E-state index is 12.0. The quantitative estimate of drug-likeness (QED) is 0.795. The molecule has 0 aliphatic carbocycles. The van der Waals surface area contributed by atoms with Crippen molar-refractivity contribution in [1.82, 2.24) is 4.98 Å². The van der Waals surface area contributed by atoms with Crippen LogP contribution in [0.3, 0.4) is 0 Å². The summed E-state index contributed by atoms with van der Waals surface area (Å²) in [5.41, 5.74) is -0.216. The molecule has 0 N–H and O–H groups in total. The molecule has 1 heterocycles. The summed E-state index contributed by atoms with van der Waals surface area (Å²) in [4.78, 5) is 3.51. The van der Waals surface area contributed by atoms with Gasteiger partial charge in [-0.25, -0.2) is 4.98 Å². The largest absolute Gasteiger partial charge is 0.573 e. The maximum Gasteiger partial charge on any atom is 0.573 e. The summed E-state index contributed by atoms with van der Waals surface area (Å²) in [7, 11) is 0. The lowest BCUT2D eigenvalue weighted by atomic mass is 10.2. The van der Waals surface area contributed by atoms with Gasteiger partial charge in [-0.05, 0) is 22.9 Å². The first kappa shape index (κ1) is 11.8. The van der Waals surface area contributed by atoms with Crippen LogP contribution in [-0.4, -0.2) is 11.3 Å². The van der Waals surface area contributed by atoms with Crippen LogP contribution in [0.25, 0.3) is 0 Å². The maximum atomic E-state index is 12.0. The van der Waals surface area contributed by atoms with Gasteiger partial charge in [-0.3, -0.25) is 0 Å². The van der Waals surface area contributed by atoms with E-state index in [0.717, 1.165) is 0 Å². The second kappa shape index (κ2) is 4.06. The summed E-state index contributed by atoms with van der Waals surface area (Å²) >= 11 is 3.00. The Labute approximate surface area is 91.6 Å². The fourth-order valence-electron chi connectivity index (χ4n) is 0.883. The molecule has 0 unspecified atom stereocenters. The molecular weight excluding hydrogens is 277 g/mol. The first-order valence-electron chi connectivity index (χ1n) is 3.66. The zero-order valence-electron chi connectivity index (χ0n) is 7.39. The minimum atomic E-state index is -4.83. The topological polar surface area (TPSA) is 45.9 Å². The van der Waals surface area contributed by atoms with Crippen LogP contribution in [0.4, 0.5) is 13.2 Å². The molecule has 0 radical (unpaired) electrons. The first-order chi connectivity index (χ1) is 6.85. The molecule has 0 fully saturated rings. The highest BCUT2D eigenvalue weighted by Crippen LogP contribution is 2.32. The smallest absolute Gasteiger partial charge is 0.402 e. The van der Waals surface area contributed by atoms with E-state index in [9.17, 15) is 13.2 Å². The Balaban J connectivity index is 3.26. The Morgan fingerprint density at radius 2 is 2.13 bits per heavy atom. The summed E-state index contributed by atoms with van der Waals surface area (Å²) < 4.78 is 40.1. The molecule has 3 nitrogen and oxygen atoms in total. The fourth-order valence-corrected chi connectivity index (χ4v) is 1.17. The van der Waals surface area contributed by atoms with Gasteiger partial charge in [-0.1, -0.05) is 0 Å². The number of rotatable bonds is 1. The summed E-state index contributed by atoms with van der Waals surface area (Å²) in [5.74, 6) is -0.570. The molecule has 0 saturated heterocycles. The van der Waals surface area contributed by atoms with Gasteiger partial charge in [-0.2, -0.15) is 5.26 Å². The molecule has 80 valence electrons. The Morgan fingerprint density at radius 1 is 1.53 bits per heavy atom. The van der Waals surface area contributed by atoms with Crippen LogP contribution >= 0.6 is 15.9 Å². The number of hydrogen-bond acceptors (Lipinski definition) is 3. The predicted molar refractivity (Wildman–Crippen MR) is 48.1 cm³/mol. The van der Waals surface area contributed by atoms with Gasteiger partial charge in [0, 0.05) is 16.2 Å². The predicted octanol–water partition coefficient (Wildman–Crippen LogP) is 2.92. The van der Waals surface area contributed by atoms with Crippen molar-refractivity contribution in [3.05, 3.63) is 21.9 Å². The van der Waals surface area contributed by atoms with Crippen LogP contribution in [0, 0.1) is 18.3 Å². The van der Waals surface area contributed by atoms with Crippen LogP contribution in [0.1, 0.15) is 11.3 Å². The van der Waals surface area contributed by atoms with E-state index in [1.165, 1.54) is 19.2 Å². The Kier molecular flexibility index (Phi) is 3.19. The van der Waals surface area contributed by atoms with Crippen molar-refractivity contribution in [3.63, 3.8) is 0 Å². The number of aromatic nitrogens is 1. The third kappa shape index (κ3) is 2.83. The molecule has 0 aliphatic rings. The van der Waals surface area contributed by atoms with Crippen molar-refractivity contribution < 1.29 is 17.9 Å². The average molecular weight is 281 g/mol. The molecule has 0 saturated carbocycles. The summed E-state index contributed by atoms with van der Waals surface area (Å²) in [6, 6.07) is 1.53. The molecule has 0 aromatic carbocycles. The van der Waals surface area contributed by atoms with Crippen LogP contribution in [0.15, 0.2) is 10.7 Å². The van der Waals surface area contributed by atoms with Crippen molar-refractivity contribution in [2.75, 3.05) is 0 Å². The van der Waals surface area contributed by atoms with E-state index in [4.69, 9.17) is 5.26 Å². The fraction of sp³-hybridized carbons (Fsp3) is 0.250. The average Bonchev–Trinajstić information content (AvgIpc) is 2.11. The van der Waals surface area contributed by atoms with Crippen LogP contribution in [-0.2, 0) is 0 Å². The monoisotopic (exact) mass is 280 g/mol. The molecule has 0 bridgehead atoms. The molecule has 1 aromatic heterocycles. The zero-order chi connectivity index (χ0) is 11.6. The van der Waals surface area contributed by atoms with Crippen LogP contribution < -0.4 is 4.74 Å². The number of alkyl halides is 3. The Bertz CT molecular complexity index is 425. The second-order valence-corrected chi connectivity index (χ2v) is 3.42. The number of halogens is 4. The summed E-state index contributed by atoms with van der Waals surface area (Å²) in [6.45, 7) is 1.40. The zero-order valence-corrected chi connectivity index (χ0v) is 8.98. The lowest BCUT2D eigenvalue weighted by Crippen LogP contribution is -2.19. The summed E-state index contributed by atoms with van der Waals surface area (Å²) in [6.07, 6.45) is -3.59. The van der Waals surface area contributed by atoms with Crippen molar-refractivity contribution in [3.8, 4) is 11.8 Å². The van der Waals surface area contributed by atoms with Gasteiger partial charge in [0.15, 0.2) is 11.4 Å². The SMILES string of the molecule is Cc1c(Br)cnc(C#N)c1OC(F)(F)F. The molecule has 7 heteroatoms. The number of pyridine rings is 1. The second-order valence-electron chi connectivity index (χ2n) is 2.57. The van der Waals surface area contributed by atoms with Crippen LogP contribution in [0.2, 0.25) is 0 Å². The van der Waals surface area contributed by atoms with E-state index in [1.807, 2.05) is 0 Å². The number of ether oxygens (including phenoxy) is 1. The highest BCUT2D eigenvalue weighted by Gasteiger charge is 2.33. The standard InChI is InChI=1S/C8H4BrF3N2O/c1-4-5(9)3-14-6(2-13)7(4)15-8(10,11)12/h3H,1H3. The molecule has 15 heavy (non-hydrogen) atoms. The first-order valence-corrected chi connectivity index (χ1v) is 4.45. The van der Waals surface area contributed by atoms with Gasteiger partial charge in [0.25, 0.3) is 0 Å². The number of nitriles is 1. The Morgan fingerprint density at radius 3 is 2.60 bits per heavy atom. The van der Waals surface area contributed by atoms with E-state index in [0.29, 0.717) is 4.47 Å². The van der Waals surface area contributed by atoms with Gasteiger partial charge < -0.3 is 4.74 Å². The molecule has 0 atom stereocenters. The molecule has 1 aromatic rings. The van der Waals surface area contributed by atoms with Gasteiger partial charge in [0.1, 0.15) is 6.07 Å². The normalized spacial score (nSPS) is 10.9. The molecule has 0 amide bonds. The van der Waals surface area contributed by atoms with Gasteiger partial charge in [-0.15, -0.1) is 13.2 Å². The van der Waals surface area contributed by atoms with Gasteiger partial charge in [0.2, 0.25) is 0 Å². The molecular formula is C8H4BrF3N2O. The highest BCUT2D eigenvalue weighted by atomic mass is 79.9. The number of hydrogen-bond donors (Lipinski definition) is 0.